The van der Waals surface area contributed by atoms with Crippen molar-refractivity contribution >= 4 is 39.6 Å². The van der Waals surface area contributed by atoms with Gasteiger partial charge in [0.25, 0.3) is 11.5 Å². The first kappa shape index (κ1) is 19.4. The number of hydrogen-bond donors (Lipinski definition) is 1. The molecule has 1 N–H and O–H groups in total. The van der Waals surface area contributed by atoms with Crippen molar-refractivity contribution in [2.24, 2.45) is 0 Å². The maximum Gasteiger partial charge on any atom is 0.301 e. The topological polar surface area (TPSA) is 127 Å². The Balaban J connectivity index is 1.93. The van der Waals surface area contributed by atoms with Gasteiger partial charge in [-0.1, -0.05) is 41.7 Å². The molecule has 0 saturated carbocycles. The molecule has 10 heteroatoms. The number of aryl methyl sites for hydroxylation is 1. The smallest absolute Gasteiger partial charge is 0.301 e. The number of aliphatic hydroxyl groups excluding tert-OH is 1. The highest BCUT2D eigenvalue weighted by Gasteiger charge is 2.48. The summed E-state index contributed by atoms with van der Waals surface area (Å²) in [7, 11) is 0. The minimum Gasteiger partial charge on any atom is -0.507 e. The molecule has 3 aromatic rings. The van der Waals surface area contributed by atoms with E-state index in [1.165, 1.54) is 29.2 Å². The van der Waals surface area contributed by atoms with E-state index in [4.69, 9.17) is 0 Å². The number of anilines is 1. The molecular formula is C20H14N4O5S. The monoisotopic (exact) mass is 422 g/mol. The lowest BCUT2D eigenvalue weighted by Gasteiger charge is -2.22. The largest absolute Gasteiger partial charge is 0.507 e. The number of hydrogen-bond acceptors (Lipinski definition) is 8. The van der Waals surface area contributed by atoms with E-state index in [-0.39, 0.29) is 22.2 Å². The van der Waals surface area contributed by atoms with Crippen molar-refractivity contribution in [1.29, 1.82) is 0 Å². The minimum absolute atomic E-state index is 0.118. The Morgan fingerprint density at radius 2 is 1.77 bits per heavy atom. The second-order valence-corrected chi connectivity index (χ2v) is 7.65. The predicted octanol–water partition coefficient (Wildman–Crippen LogP) is 3.38. The summed E-state index contributed by atoms with van der Waals surface area (Å²) in [6.07, 6.45) is 0. The fraction of sp³-hybridized carbons (Fsp3) is 0.100. The number of aliphatic hydroxyl groups is 1. The average molecular weight is 422 g/mol. The van der Waals surface area contributed by atoms with Crippen molar-refractivity contribution in [1.82, 2.24) is 10.2 Å². The van der Waals surface area contributed by atoms with Gasteiger partial charge < -0.3 is 5.11 Å². The van der Waals surface area contributed by atoms with Crippen LogP contribution in [0, 0.1) is 17.0 Å². The van der Waals surface area contributed by atoms with Crippen molar-refractivity contribution in [2.75, 3.05) is 4.90 Å². The Morgan fingerprint density at radius 3 is 2.33 bits per heavy atom. The van der Waals surface area contributed by atoms with Crippen molar-refractivity contribution in [2.45, 2.75) is 13.0 Å². The Labute approximate surface area is 174 Å². The number of Topliss-reactive ketones (excluding diaryl/α,β-unsaturated/α-hetero) is 1. The van der Waals surface area contributed by atoms with Gasteiger partial charge in [0.2, 0.25) is 5.13 Å². The van der Waals surface area contributed by atoms with Gasteiger partial charge in [0.15, 0.2) is 0 Å². The van der Waals surface area contributed by atoms with Crippen molar-refractivity contribution in [3.05, 3.63) is 86.4 Å². The average Bonchev–Trinajstić information content (AvgIpc) is 3.29. The van der Waals surface area contributed by atoms with Crippen LogP contribution in [0.4, 0.5) is 10.8 Å². The summed E-state index contributed by atoms with van der Waals surface area (Å²) in [4.78, 5) is 37.4. The highest BCUT2D eigenvalue weighted by atomic mass is 32.1. The molecular weight excluding hydrogens is 408 g/mol. The first-order valence-corrected chi connectivity index (χ1v) is 9.61. The molecule has 1 saturated heterocycles. The van der Waals surface area contributed by atoms with Gasteiger partial charge in [-0.25, -0.2) is 0 Å². The third-order valence-corrected chi connectivity index (χ3v) is 5.47. The van der Waals surface area contributed by atoms with Crippen LogP contribution in [0.1, 0.15) is 22.2 Å². The Kier molecular flexibility index (Phi) is 4.84. The molecule has 30 heavy (non-hydrogen) atoms. The summed E-state index contributed by atoms with van der Waals surface area (Å²) in [6.45, 7) is 1.71. The number of rotatable bonds is 4. The third-order valence-electron chi connectivity index (χ3n) is 4.63. The maximum absolute atomic E-state index is 12.9. The zero-order valence-corrected chi connectivity index (χ0v) is 16.4. The van der Waals surface area contributed by atoms with Crippen LogP contribution < -0.4 is 4.90 Å². The first-order chi connectivity index (χ1) is 14.4. The van der Waals surface area contributed by atoms with Crippen LogP contribution in [-0.2, 0) is 9.59 Å². The zero-order chi connectivity index (χ0) is 21.4. The van der Waals surface area contributed by atoms with Crippen molar-refractivity contribution < 1.29 is 19.6 Å². The van der Waals surface area contributed by atoms with Gasteiger partial charge in [-0.15, -0.1) is 10.2 Å². The van der Waals surface area contributed by atoms with Gasteiger partial charge in [0.05, 0.1) is 16.5 Å². The van der Waals surface area contributed by atoms with Crippen LogP contribution in [-0.4, -0.2) is 31.9 Å². The van der Waals surface area contributed by atoms with E-state index in [0.717, 1.165) is 11.3 Å². The van der Waals surface area contributed by atoms with Crippen LogP contribution in [0.25, 0.3) is 5.76 Å². The standard InChI is InChI=1S/C20H14N4O5S/c1-11-21-22-20(30-11)23-16(12-7-9-14(10-8-12)24(28)29)15(18(26)19(23)27)17(25)13-5-3-2-4-6-13/h2-10,16,25H,1H3/b17-15+/t16-/m0/s1. The molecule has 0 aliphatic carbocycles. The van der Waals surface area contributed by atoms with E-state index in [1.54, 1.807) is 37.3 Å². The Bertz CT molecular complexity index is 1190. The summed E-state index contributed by atoms with van der Waals surface area (Å²) >= 11 is 1.13. The number of carbonyl (C=O) groups excluding carboxylic acids is 2. The van der Waals surface area contributed by atoms with E-state index in [1.807, 2.05) is 0 Å². The number of ketones is 1. The molecule has 2 heterocycles. The molecule has 150 valence electrons. The van der Waals surface area contributed by atoms with Crippen LogP contribution in [0.2, 0.25) is 0 Å². The molecule has 0 spiro atoms. The molecule has 9 nitrogen and oxygen atoms in total. The normalized spacial score (nSPS) is 18.0. The summed E-state index contributed by atoms with van der Waals surface area (Å²) in [5.41, 5.74) is 0.541. The number of aromatic nitrogens is 2. The van der Waals surface area contributed by atoms with Gasteiger partial charge >= 0.3 is 5.91 Å². The van der Waals surface area contributed by atoms with E-state index in [0.29, 0.717) is 16.1 Å². The van der Waals surface area contributed by atoms with Gasteiger partial charge in [0, 0.05) is 17.7 Å². The number of nitrogens with zero attached hydrogens (tertiary/aromatic N) is 4. The van der Waals surface area contributed by atoms with Crippen LogP contribution >= 0.6 is 11.3 Å². The Hall–Kier alpha value is -3.92. The molecule has 0 bridgehead atoms. The molecule has 0 radical (unpaired) electrons. The molecule has 1 aliphatic heterocycles. The number of amides is 1. The van der Waals surface area contributed by atoms with Gasteiger partial charge in [-0.05, 0) is 24.6 Å². The summed E-state index contributed by atoms with van der Waals surface area (Å²) in [5.74, 6) is -2.06. The fourth-order valence-corrected chi connectivity index (χ4v) is 3.97. The minimum atomic E-state index is -1.00. The quantitative estimate of drug-likeness (QED) is 0.224. The van der Waals surface area contributed by atoms with Crippen LogP contribution in [0.3, 0.4) is 0 Å². The third kappa shape index (κ3) is 3.22. The highest BCUT2D eigenvalue weighted by molar-refractivity contribution is 7.15. The van der Waals surface area contributed by atoms with Crippen LogP contribution in [0.15, 0.2) is 60.2 Å². The highest BCUT2D eigenvalue weighted by Crippen LogP contribution is 2.43. The van der Waals surface area contributed by atoms with Gasteiger partial charge in [-0.2, -0.15) is 0 Å². The van der Waals surface area contributed by atoms with E-state index < -0.39 is 22.7 Å². The lowest BCUT2D eigenvalue weighted by Crippen LogP contribution is -2.29. The maximum atomic E-state index is 12.9. The number of nitro benzene ring substituents is 1. The summed E-state index contributed by atoms with van der Waals surface area (Å²) in [5, 5.41) is 30.6. The molecule has 1 amide bonds. The lowest BCUT2D eigenvalue weighted by atomic mass is 9.95. The number of carbonyl (C=O) groups is 2. The SMILES string of the molecule is Cc1nnc(N2C(=O)C(=O)/C(=C(/O)c3ccccc3)[C@@H]2c2ccc([N+](=O)[O-])cc2)s1. The second-order valence-electron chi connectivity index (χ2n) is 6.49. The number of benzene rings is 2. The van der Waals surface area contributed by atoms with E-state index >= 15 is 0 Å². The van der Waals surface area contributed by atoms with Crippen molar-refractivity contribution in [3.8, 4) is 0 Å². The molecule has 4 rings (SSSR count). The first-order valence-electron chi connectivity index (χ1n) is 8.79. The molecule has 0 unspecified atom stereocenters. The predicted molar refractivity (Wildman–Crippen MR) is 109 cm³/mol. The summed E-state index contributed by atoms with van der Waals surface area (Å²) in [6, 6.07) is 12.8. The number of non-ortho nitro benzene ring substituents is 1. The molecule has 2 aromatic carbocycles. The fourth-order valence-electron chi connectivity index (χ4n) is 3.26. The van der Waals surface area contributed by atoms with E-state index in [9.17, 15) is 24.8 Å². The molecule has 1 fully saturated rings. The molecule has 1 aromatic heterocycles. The van der Waals surface area contributed by atoms with Crippen molar-refractivity contribution in [3.63, 3.8) is 0 Å². The zero-order valence-electron chi connectivity index (χ0n) is 15.6. The molecule has 1 atom stereocenters. The van der Waals surface area contributed by atoms with Gasteiger partial charge in [-0.3, -0.25) is 24.6 Å². The summed E-state index contributed by atoms with van der Waals surface area (Å²) < 4.78 is 0. The van der Waals surface area contributed by atoms with Gasteiger partial charge in [0.1, 0.15) is 10.8 Å². The Morgan fingerprint density at radius 1 is 1.10 bits per heavy atom. The second kappa shape index (κ2) is 7.48. The van der Waals surface area contributed by atoms with Crippen LogP contribution in [0.5, 0.6) is 0 Å². The lowest BCUT2D eigenvalue weighted by molar-refractivity contribution is -0.384. The molecule has 1 aliphatic rings. The number of nitro groups is 1. The van der Waals surface area contributed by atoms with E-state index in [2.05, 4.69) is 10.2 Å².